The van der Waals surface area contributed by atoms with Crippen molar-refractivity contribution >= 4 is 15.9 Å². The third kappa shape index (κ3) is 2.63. The Kier molecular flexibility index (Phi) is 3.62. The number of hydrogen-bond acceptors (Lipinski definition) is 3. The van der Waals surface area contributed by atoms with Gasteiger partial charge in [-0.25, -0.2) is 0 Å². The minimum Gasteiger partial charge on any atom is -0.497 e. The van der Waals surface area contributed by atoms with Gasteiger partial charge in [0.25, 0.3) is 0 Å². The van der Waals surface area contributed by atoms with E-state index in [1.165, 1.54) is 0 Å². The molecule has 0 fully saturated rings. The van der Waals surface area contributed by atoms with Crippen LogP contribution in [0.1, 0.15) is 19.4 Å². The van der Waals surface area contributed by atoms with Crippen molar-refractivity contribution in [2.24, 2.45) is 0 Å². The van der Waals surface area contributed by atoms with Crippen molar-refractivity contribution in [3.05, 3.63) is 22.2 Å². The second-order valence-corrected chi connectivity index (χ2v) is 4.60. The van der Waals surface area contributed by atoms with Crippen LogP contribution in [0.5, 0.6) is 11.5 Å². The number of rotatable bonds is 3. The average molecular weight is 275 g/mol. The summed E-state index contributed by atoms with van der Waals surface area (Å²) in [6, 6.07) is 3.55. The third-order valence-corrected chi connectivity index (χ3v) is 2.72. The SMILES string of the molecule is COc1cc(Br)c(C(C)(C)O)c(OC)c1. The van der Waals surface area contributed by atoms with Gasteiger partial charge in [-0.2, -0.15) is 0 Å². The molecule has 0 aliphatic rings. The predicted molar refractivity (Wildman–Crippen MR) is 62.5 cm³/mol. The number of benzene rings is 1. The van der Waals surface area contributed by atoms with Gasteiger partial charge in [-0.1, -0.05) is 15.9 Å². The van der Waals surface area contributed by atoms with E-state index in [0.29, 0.717) is 17.1 Å². The summed E-state index contributed by atoms with van der Waals surface area (Å²) >= 11 is 3.40. The van der Waals surface area contributed by atoms with Crippen molar-refractivity contribution in [1.29, 1.82) is 0 Å². The van der Waals surface area contributed by atoms with Crippen molar-refractivity contribution in [2.75, 3.05) is 14.2 Å². The van der Waals surface area contributed by atoms with Gasteiger partial charge in [-0.05, 0) is 19.9 Å². The van der Waals surface area contributed by atoms with Crippen LogP contribution < -0.4 is 9.47 Å². The third-order valence-electron chi connectivity index (χ3n) is 2.09. The summed E-state index contributed by atoms with van der Waals surface area (Å²) in [7, 11) is 3.15. The summed E-state index contributed by atoms with van der Waals surface area (Å²) in [4.78, 5) is 0. The lowest BCUT2D eigenvalue weighted by Crippen LogP contribution is -2.17. The maximum absolute atomic E-state index is 9.99. The molecule has 84 valence electrons. The number of halogens is 1. The van der Waals surface area contributed by atoms with Crippen LogP contribution >= 0.6 is 15.9 Å². The minimum atomic E-state index is -0.962. The molecule has 0 amide bonds. The fourth-order valence-corrected chi connectivity index (χ4v) is 2.34. The summed E-state index contributed by atoms with van der Waals surface area (Å²) in [6.07, 6.45) is 0. The first kappa shape index (κ1) is 12.3. The summed E-state index contributed by atoms with van der Waals surface area (Å²) in [5.74, 6) is 1.29. The molecule has 0 radical (unpaired) electrons. The lowest BCUT2D eigenvalue weighted by Gasteiger charge is -2.23. The molecule has 0 aliphatic carbocycles. The van der Waals surface area contributed by atoms with Crippen molar-refractivity contribution in [3.63, 3.8) is 0 Å². The Hall–Kier alpha value is -0.740. The van der Waals surface area contributed by atoms with Crippen LogP contribution in [0.3, 0.4) is 0 Å². The molecule has 0 aromatic heterocycles. The monoisotopic (exact) mass is 274 g/mol. The largest absolute Gasteiger partial charge is 0.497 e. The maximum atomic E-state index is 9.99. The minimum absolute atomic E-state index is 0.605. The molecule has 1 aromatic rings. The summed E-state index contributed by atoms with van der Waals surface area (Å²) in [5, 5.41) is 9.99. The van der Waals surface area contributed by atoms with Gasteiger partial charge in [-0.15, -0.1) is 0 Å². The second-order valence-electron chi connectivity index (χ2n) is 3.75. The zero-order chi connectivity index (χ0) is 11.6. The van der Waals surface area contributed by atoms with Gasteiger partial charge in [0, 0.05) is 16.1 Å². The fourth-order valence-electron chi connectivity index (χ4n) is 1.43. The van der Waals surface area contributed by atoms with Gasteiger partial charge in [0.05, 0.1) is 19.8 Å². The molecule has 0 spiro atoms. The lowest BCUT2D eigenvalue weighted by molar-refractivity contribution is 0.0748. The molecule has 0 atom stereocenters. The highest BCUT2D eigenvalue weighted by atomic mass is 79.9. The van der Waals surface area contributed by atoms with Crippen LogP contribution in [0.15, 0.2) is 16.6 Å². The van der Waals surface area contributed by atoms with Crippen LogP contribution in [0.25, 0.3) is 0 Å². The molecular formula is C11H15BrO3. The zero-order valence-corrected chi connectivity index (χ0v) is 10.9. The highest BCUT2D eigenvalue weighted by Gasteiger charge is 2.24. The number of aliphatic hydroxyl groups is 1. The van der Waals surface area contributed by atoms with E-state index >= 15 is 0 Å². The van der Waals surface area contributed by atoms with Crippen molar-refractivity contribution < 1.29 is 14.6 Å². The van der Waals surface area contributed by atoms with Crippen molar-refractivity contribution in [2.45, 2.75) is 19.4 Å². The molecule has 4 heteroatoms. The fraction of sp³-hybridized carbons (Fsp3) is 0.455. The lowest BCUT2D eigenvalue weighted by atomic mass is 9.97. The van der Waals surface area contributed by atoms with Crippen LogP contribution in [0, 0.1) is 0 Å². The molecule has 0 saturated heterocycles. The molecule has 0 aliphatic heterocycles. The first-order valence-corrected chi connectivity index (χ1v) is 5.34. The average Bonchev–Trinajstić information content (AvgIpc) is 2.14. The molecular weight excluding hydrogens is 260 g/mol. The Labute approximate surface area is 98.1 Å². The van der Waals surface area contributed by atoms with Gasteiger partial charge in [0.2, 0.25) is 0 Å². The Bertz CT molecular complexity index is 356. The van der Waals surface area contributed by atoms with Gasteiger partial charge >= 0.3 is 0 Å². The maximum Gasteiger partial charge on any atom is 0.129 e. The molecule has 0 unspecified atom stereocenters. The van der Waals surface area contributed by atoms with Crippen molar-refractivity contribution in [3.8, 4) is 11.5 Å². The summed E-state index contributed by atoms with van der Waals surface area (Å²) < 4.78 is 11.1. The molecule has 1 rings (SSSR count). The summed E-state index contributed by atoms with van der Waals surface area (Å²) in [5.41, 5.74) is -0.248. The number of methoxy groups -OCH3 is 2. The number of hydrogen-bond donors (Lipinski definition) is 1. The van der Waals surface area contributed by atoms with E-state index in [0.717, 1.165) is 4.47 Å². The normalized spacial score (nSPS) is 11.3. The van der Waals surface area contributed by atoms with E-state index in [1.807, 2.05) is 0 Å². The second kappa shape index (κ2) is 4.41. The van der Waals surface area contributed by atoms with Gasteiger partial charge in [-0.3, -0.25) is 0 Å². The van der Waals surface area contributed by atoms with E-state index in [9.17, 15) is 5.11 Å². The van der Waals surface area contributed by atoms with Gasteiger partial charge in [0.15, 0.2) is 0 Å². The zero-order valence-electron chi connectivity index (χ0n) is 9.30. The molecule has 1 aromatic carbocycles. The Morgan fingerprint density at radius 3 is 2.20 bits per heavy atom. The molecule has 0 heterocycles. The van der Waals surface area contributed by atoms with Gasteiger partial charge < -0.3 is 14.6 Å². The standard InChI is InChI=1S/C11H15BrO3/c1-11(2,13)10-8(12)5-7(14-3)6-9(10)15-4/h5-6,13H,1-4H3. The van der Waals surface area contributed by atoms with Crippen molar-refractivity contribution in [1.82, 2.24) is 0 Å². The van der Waals surface area contributed by atoms with E-state index < -0.39 is 5.60 Å². The van der Waals surface area contributed by atoms with Crippen LogP contribution in [-0.2, 0) is 5.60 Å². The molecule has 0 saturated carbocycles. The first-order chi connectivity index (χ1) is 6.90. The topological polar surface area (TPSA) is 38.7 Å². The predicted octanol–water partition coefficient (Wildman–Crippen LogP) is 2.69. The molecule has 15 heavy (non-hydrogen) atoms. The molecule has 0 bridgehead atoms. The summed E-state index contributed by atoms with van der Waals surface area (Å²) in [6.45, 7) is 3.42. The number of ether oxygens (including phenoxy) is 2. The van der Waals surface area contributed by atoms with E-state index in [4.69, 9.17) is 9.47 Å². The highest BCUT2D eigenvalue weighted by molar-refractivity contribution is 9.10. The van der Waals surface area contributed by atoms with Gasteiger partial charge in [0.1, 0.15) is 11.5 Å². The van der Waals surface area contributed by atoms with E-state index in [2.05, 4.69) is 15.9 Å². The van der Waals surface area contributed by atoms with Crippen LogP contribution in [0.4, 0.5) is 0 Å². The molecule has 3 nitrogen and oxygen atoms in total. The smallest absolute Gasteiger partial charge is 0.129 e. The first-order valence-electron chi connectivity index (χ1n) is 4.54. The quantitative estimate of drug-likeness (QED) is 0.921. The Balaban J connectivity index is 3.38. The highest BCUT2D eigenvalue weighted by Crippen LogP contribution is 2.38. The molecule has 1 N–H and O–H groups in total. The van der Waals surface area contributed by atoms with E-state index in [-0.39, 0.29) is 0 Å². The Morgan fingerprint density at radius 2 is 1.80 bits per heavy atom. The Morgan fingerprint density at radius 1 is 1.20 bits per heavy atom. The van der Waals surface area contributed by atoms with E-state index in [1.54, 1.807) is 40.2 Å². The van der Waals surface area contributed by atoms with Crippen LogP contribution in [-0.4, -0.2) is 19.3 Å². The van der Waals surface area contributed by atoms with Crippen LogP contribution in [0.2, 0.25) is 0 Å².